The number of hydrogen-bond donors (Lipinski definition) is 0. The highest BCUT2D eigenvalue weighted by molar-refractivity contribution is 6.02. The van der Waals surface area contributed by atoms with Gasteiger partial charge in [0.2, 0.25) is 12.0 Å². The third-order valence-corrected chi connectivity index (χ3v) is 6.09. The molecule has 0 aliphatic carbocycles. The molecule has 2 atom stereocenters. The lowest BCUT2D eigenvalue weighted by atomic mass is 9.96. The number of methoxy groups -OCH3 is 4. The lowest BCUT2D eigenvalue weighted by Gasteiger charge is -2.38. The Hall–Kier alpha value is -3.87. The Morgan fingerprint density at radius 3 is 2.18 bits per heavy atom. The molecular formula is C26H26N2O5. The summed E-state index contributed by atoms with van der Waals surface area (Å²) in [5.74, 6) is 3.36. The van der Waals surface area contributed by atoms with Crippen LogP contribution in [0, 0.1) is 0 Å². The summed E-state index contributed by atoms with van der Waals surface area (Å²) < 4.78 is 28.4. The molecule has 7 heteroatoms. The second kappa shape index (κ2) is 8.58. The molecule has 0 aromatic heterocycles. The number of fused-ring (bicyclic) bond motifs is 3. The maximum atomic E-state index is 6.47. The van der Waals surface area contributed by atoms with E-state index in [0.717, 1.165) is 40.3 Å². The highest BCUT2D eigenvalue weighted by Crippen LogP contribution is 2.49. The van der Waals surface area contributed by atoms with Gasteiger partial charge in [0.05, 0.1) is 40.2 Å². The van der Waals surface area contributed by atoms with Gasteiger partial charge < -0.3 is 23.7 Å². The van der Waals surface area contributed by atoms with Crippen LogP contribution in [0.25, 0.3) is 0 Å². The first-order chi connectivity index (χ1) is 16.2. The van der Waals surface area contributed by atoms with Crippen molar-refractivity contribution in [3.63, 3.8) is 0 Å². The van der Waals surface area contributed by atoms with E-state index in [1.165, 1.54) is 0 Å². The molecule has 3 aromatic rings. The van der Waals surface area contributed by atoms with E-state index < -0.39 is 6.23 Å². The molecule has 7 nitrogen and oxygen atoms in total. The Morgan fingerprint density at radius 1 is 0.848 bits per heavy atom. The van der Waals surface area contributed by atoms with Crippen molar-refractivity contribution >= 4 is 5.71 Å². The molecule has 2 aliphatic rings. The van der Waals surface area contributed by atoms with Gasteiger partial charge in [-0.1, -0.05) is 18.2 Å². The Labute approximate surface area is 193 Å². The van der Waals surface area contributed by atoms with Gasteiger partial charge in [0.15, 0.2) is 11.5 Å². The molecule has 0 spiro atoms. The number of nitrogens with zero attached hydrogens (tertiary/aromatic N) is 2. The second-order valence-corrected chi connectivity index (χ2v) is 7.84. The van der Waals surface area contributed by atoms with Gasteiger partial charge in [-0.15, -0.1) is 0 Å². The molecule has 170 valence electrons. The number of hydrogen-bond acceptors (Lipinski definition) is 7. The highest BCUT2D eigenvalue weighted by atomic mass is 16.5. The first kappa shape index (κ1) is 21.0. The van der Waals surface area contributed by atoms with Crippen molar-refractivity contribution in [3.8, 4) is 28.7 Å². The standard InChI is InChI=1S/C26H26N2O5/c1-29-18-11-9-16(10-12-18)20-15-21-19-7-5-6-8-22(19)33-26(28(21)27-20)17-13-23(30-2)25(32-4)24(14-17)31-3/h5-14,21,26H,15H2,1-4H3/t21-,26-/m1/s1. The maximum Gasteiger partial charge on any atom is 0.214 e. The van der Waals surface area contributed by atoms with Crippen molar-refractivity contribution in [2.24, 2.45) is 5.10 Å². The first-order valence-corrected chi connectivity index (χ1v) is 10.7. The summed E-state index contributed by atoms with van der Waals surface area (Å²) in [6, 6.07) is 20.0. The van der Waals surface area contributed by atoms with Crippen molar-refractivity contribution in [3.05, 3.63) is 77.4 Å². The van der Waals surface area contributed by atoms with Gasteiger partial charge in [-0.05, 0) is 48.0 Å². The minimum absolute atomic E-state index is 0.0520. The average Bonchev–Trinajstić information content (AvgIpc) is 3.33. The van der Waals surface area contributed by atoms with Crippen LogP contribution < -0.4 is 23.7 Å². The molecule has 0 saturated carbocycles. The largest absolute Gasteiger partial charge is 0.497 e. The fourth-order valence-electron chi connectivity index (χ4n) is 4.46. The van der Waals surface area contributed by atoms with Crippen molar-refractivity contribution in [2.45, 2.75) is 18.7 Å². The van der Waals surface area contributed by atoms with Gasteiger partial charge in [-0.25, -0.2) is 5.01 Å². The zero-order chi connectivity index (χ0) is 22.9. The highest BCUT2D eigenvalue weighted by Gasteiger charge is 2.41. The SMILES string of the molecule is COc1ccc(C2=NN3[C@H](C2)c2ccccc2O[C@@H]3c2cc(OC)c(OC)c(OC)c2)cc1. The van der Waals surface area contributed by atoms with Crippen LogP contribution in [-0.2, 0) is 0 Å². The summed E-state index contributed by atoms with van der Waals surface area (Å²) in [5.41, 5.74) is 4.05. The van der Waals surface area contributed by atoms with Crippen LogP contribution in [0.3, 0.4) is 0 Å². The monoisotopic (exact) mass is 446 g/mol. The quantitative estimate of drug-likeness (QED) is 0.533. The zero-order valence-electron chi connectivity index (χ0n) is 19.1. The zero-order valence-corrected chi connectivity index (χ0v) is 19.1. The summed E-state index contributed by atoms with van der Waals surface area (Å²) in [7, 11) is 6.47. The molecule has 5 rings (SSSR count). The molecule has 0 fully saturated rings. The summed E-state index contributed by atoms with van der Waals surface area (Å²) in [6.45, 7) is 0. The number of benzene rings is 3. The lowest BCUT2D eigenvalue weighted by molar-refractivity contribution is -0.0192. The molecule has 0 bridgehead atoms. The van der Waals surface area contributed by atoms with Crippen LogP contribution in [0.1, 0.15) is 35.4 Å². The summed E-state index contributed by atoms with van der Waals surface area (Å²) in [6.07, 6.45) is 0.322. The van der Waals surface area contributed by atoms with E-state index in [1.807, 2.05) is 59.6 Å². The molecule has 0 N–H and O–H groups in total. The van der Waals surface area contributed by atoms with Crippen LogP contribution in [0.2, 0.25) is 0 Å². The van der Waals surface area contributed by atoms with Crippen LogP contribution >= 0.6 is 0 Å². The van der Waals surface area contributed by atoms with Crippen molar-refractivity contribution in [1.29, 1.82) is 0 Å². The minimum Gasteiger partial charge on any atom is -0.497 e. The Morgan fingerprint density at radius 2 is 1.55 bits per heavy atom. The van der Waals surface area contributed by atoms with E-state index in [4.69, 9.17) is 28.8 Å². The molecule has 0 amide bonds. The minimum atomic E-state index is -0.450. The van der Waals surface area contributed by atoms with Crippen molar-refractivity contribution in [2.75, 3.05) is 28.4 Å². The number of hydrazone groups is 1. The van der Waals surface area contributed by atoms with Crippen LogP contribution in [0.5, 0.6) is 28.7 Å². The summed E-state index contributed by atoms with van der Waals surface area (Å²) >= 11 is 0. The van der Waals surface area contributed by atoms with E-state index in [0.29, 0.717) is 17.2 Å². The third-order valence-electron chi connectivity index (χ3n) is 6.09. The van der Waals surface area contributed by atoms with Gasteiger partial charge in [0, 0.05) is 17.5 Å². The molecule has 0 saturated heterocycles. The predicted octanol–water partition coefficient (Wildman–Crippen LogP) is 4.96. The molecule has 0 radical (unpaired) electrons. The fourth-order valence-corrected chi connectivity index (χ4v) is 4.46. The van der Waals surface area contributed by atoms with E-state index in [1.54, 1.807) is 28.4 Å². The summed E-state index contributed by atoms with van der Waals surface area (Å²) in [4.78, 5) is 0. The lowest BCUT2D eigenvalue weighted by Crippen LogP contribution is -2.33. The normalized spacial score (nSPS) is 18.5. The topological polar surface area (TPSA) is 61.8 Å². The van der Waals surface area contributed by atoms with Crippen LogP contribution in [0.15, 0.2) is 65.8 Å². The Bertz CT molecular complexity index is 1170. The molecule has 33 heavy (non-hydrogen) atoms. The number of para-hydroxylation sites is 1. The average molecular weight is 447 g/mol. The van der Waals surface area contributed by atoms with Gasteiger partial charge in [-0.2, -0.15) is 5.10 Å². The van der Waals surface area contributed by atoms with Gasteiger partial charge in [-0.3, -0.25) is 0 Å². The Balaban J connectivity index is 1.60. The van der Waals surface area contributed by atoms with E-state index in [2.05, 4.69) is 6.07 Å². The van der Waals surface area contributed by atoms with Gasteiger partial charge in [0.25, 0.3) is 0 Å². The van der Waals surface area contributed by atoms with E-state index >= 15 is 0 Å². The summed E-state index contributed by atoms with van der Waals surface area (Å²) in [5, 5.41) is 7.05. The van der Waals surface area contributed by atoms with Gasteiger partial charge >= 0.3 is 0 Å². The smallest absolute Gasteiger partial charge is 0.214 e. The molecule has 0 unspecified atom stereocenters. The fraction of sp³-hybridized carbons (Fsp3) is 0.269. The molecule has 2 aliphatic heterocycles. The predicted molar refractivity (Wildman–Crippen MR) is 125 cm³/mol. The maximum absolute atomic E-state index is 6.47. The van der Waals surface area contributed by atoms with E-state index in [9.17, 15) is 0 Å². The van der Waals surface area contributed by atoms with Crippen LogP contribution in [-0.4, -0.2) is 39.2 Å². The van der Waals surface area contributed by atoms with Crippen molar-refractivity contribution in [1.82, 2.24) is 5.01 Å². The van der Waals surface area contributed by atoms with Crippen molar-refractivity contribution < 1.29 is 23.7 Å². The van der Waals surface area contributed by atoms with Gasteiger partial charge in [0.1, 0.15) is 11.5 Å². The first-order valence-electron chi connectivity index (χ1n) is 10.7. The second-order valence-electron chi connectivity index (χ2n) is 7.84. The van der Waals surface area contributed by atoms with E-state index in [-0.39, 0.29) is 6.04 Å². The number of rotatable bonds is 6. The van der Waals surface area contributed by atoms with Crippen LogP contribution in [0.4, 0.5) is 0 Å². The Kier molecular flexibility index (Phi) is 5.46. The number of ether oxygens (including phenoxy) is 5. The third kappa shape index (κ3) is 3.59. The molecule has 3 aromatic carbocycles. The molecular weight excluding hydrogens is 420 g/mol. The molecule has 2 heterocycles.